The largest absolute Gasteiger partial charge is 0.388 e. The molecule has 0 bridgehead atoms. The molecule has 38 heavy (non-hydrogen) atoms. The molecule has 11 heteroatoms. The van der Waals surface area contributed by atoms with E-state index in [-0.39, 0.29) is 30.6 Å². The Morgan fingerprint density at radius 2 is 2.03 bits per heavy atom. The molecule has 1 aromatic heterocycles. The molecule has 9 nitrogen and oxygen atoms in total. The van der Waals surface area contributed by atoms with Crippen molar-refractivity contribution in [3.8, 4) is 0 Å². The van der Waals surface area contributed by atoms with Crippen LogP contribution in [0.4, 0.5) is 21.8 Å². The molecule has 1 aromatic carbocycles. The van der Waals surface area contributed by atoms with Crippen molar-refractivity contribution < 1.29 is 17.9 Å². The second-order valence-electron chi connectivity index (χ2n) is 10.6. The second-order valence-corrected chi connectivity index (χ2v) is 12.8. The fourth-order valence-corrected chi connectivity index (χ4v) is 6.19. The Morgan fingerprint density at radius 1 is 1.29 bits per heavy atom. The molecule has 2 aliphatic rings. The summed E-state index contributed by atoms with van der Waals surface area (Å²) >= 11 is 0. The van der Waals surface area contributed by atoms with Crippen molar-refractivity contribution in [2.24, 2.45) is 10.9 Å². The van der Waals surface area contributed by atoms with Gasteiger partial charge in [-0.3, -0.25) is 0 Å². The average Bonchev–Trinajstić information content (AvgIpc) is 2.83. The number of aromatic nitrogens is 2. The van der Waals surface area contributed by atoms with Gasteiger partial charge in [-0.2, -0.15) is 4.98 Å². The van der Waals surface area contributed by atoms with Gasteiger partial charge in [-0.05, 0) is 60.9 Å². The van der Waals surface area contributed by atoms with Crippen LogP contribution in [0.25, 0.3) is 6.08 Å². The van der Waals surface area contributed by atoms with Crippen molar-refractivity contribution in [2.75, 3.05) is 53.3 Å². The summed E-state index contributed by atoms with van der Waals surface area (Å²) in [7, 11) is -3.00. The summed E-state index contributed by atoms with van der Waals surface area (Å²) in [4.78, 5) is 17.0. The Balaban J connectivity index is 1.57. The van der Waals surface area contributed by atoms with E-state index in [4.69, 9.17) is 0 Å². The van der Waals surface area contributed by atoms with Crippen LogP contribution in [0.3, 0.4) is 0 Å². The Kier molecular flexibility index (Phi) is 8.37. The van der Waals surface area contributed by atoms with Gasteiger partial charge < -0.3 is 20.2 Å². The standard InChI is InChI=1S/C27H37FN6O3S/c1-17(2)20-6-7-23(34-13-19(14-34)16-38(5,36)37)18(3)21(20)12-26(29-4)31-25-8-10-30-27(32-25)33-11-9-22(28)24(35)15-33/h6-8,10,12,17,19,22,24,35H,4,9,11,13-16H2,1-3,5H3,(H,30,31,32)/b26-12+/t22-,24+/m0/s1. The molecular formula is C27H37FN6O3S. The number of anilines is 3. The summed E-state index contributed by atoms with van der Waals surface area (Å²) in [5.74, 6) is 2.05. The number of β-amino-alcohol motifs (C(OH)–C–C–N with tert-alkyl or cyclic N) is 1. The highest BCUT2D eigenvalue weighted by Crippen LogP contribution is 2.35. The predicted molar refractivity (Wildman–Crippen MR) is 152 cm³/mol. The van der Waals surface area contributed by atoms with E-state index in [2.05, 4.69) is 64.8 Å². The normalized spacial score (nSPS) is 21.0. The predicted octanol–water partition coefficient (Wildman–Crippen LogP) is 3.41. The topological polar surface area (TPSA) is 111 Å². The van der Waals surface area contributed by atoms with Crippen LogP contribution in [-0.2, 0) is 9.84 Å². The number of hydrogen-bond donors (Lipinski definition) is 2. The molecule has 4 rings (SSSR count). The van der Waals surface area contributed by atoms with Crippen molar-refractivity contribution in [1.29, 1.82) is 0 Å². The van der Waals surface area contributed by atoms with Crippen LogP contribution in [-0.4, -0.2) is 80.7 Å². The number of aliphatic hydroxyl groups is 1. The van der Waals surface area contributed by atoms with E-state index in [0.29, 0.717) is 37.2 Å². The molecule has 2 aromatic rings. The van der Waals surface area contributed by atoms with E-state index in [9.17, 15) is 17.9 Å². The van der Waals surface area contributed by atoms with E-state index >= 15 is 0 Å². The minimum Gasteiger partial charge on any atom is -0.388 e. The van der Waals surface area contributed by atoms with Crippen LogP contribution < -0.4 is 15.1 Å². The number of nitrogens with one attached hydrogen (secondary N) is 1. The molecular weight excluding hydrogens is 507 g/mol. The van der Waals surface area contributed by atoms with Crippen molar-refractivity contribution in [3.05, 3.63) is 46.9 Å². The molecule has 0 aliphatic carbocycles. The second kappa shape index (κ2) is 11.4. The zero-order valence-corrected chi connectivity index (χ0v) is 23.2. The Labute approximate surface area is 224 Å². The number of aliphatic hydroxyl groups excluding tert-OH is 1. The zero-order chi connectivity index (χ0) is 27.6. The molecule has 2 N–H and O–H groups in total. The molecule has 2 fully saturated rings. The van der Waals surface area contributed by atoms with Gasteiger partial charge in [0, 0.05) is 50.2 Å². The van der Waals surface area contributed by atoms with E-state index in [1.807, 2.05) is 6.08 Å². The maximum absolute atomic E-state index is 13.7. The van der Waals surface area contributed by atoms with Gasteiger partial charge >= 0.3 is 0 Å². The zero-order valence-electron chi connectivity index (χ0n) is 22.4. The maximum Gasteiger partial charge on any atom is 0.227 e. The number of rotatable bonds is 9. The smallest absolute Gasteiger partial charge is 0.227 e. The highest BCUT2D eigenvalue weighted by atomic mass is 32.2. The third-order valence-electron chi connectivity index (χ3n) is 7.11. The molecule has 2 atom stereocenters. The van der Waals surface area contributed by atoms with Crippen molar-refractivity contribution in [2.45, 2.75) is 45.4 Å². The van der Waals surface area contributed by atoms with E-state index in [0.717, 1.165) is 22.4 Å². The first-order chi connectivity index (χ1) is 17.9. The molecule has 0 spiro atoms. The minimum absolute atomic E-state index is 0.137. The van der Waals surface area contributed by atoms with Gasteiger partial charge in [0.1, 0.15) is 33.8 Å². The minimum atomic E-state index is -3.00. The SMILES string of the molecule is C=N/C(=C\c1c(C(C)C)ccc(N2CC(CS(C)(=O)=O)C2)c1C)Nc1ccnc(N2CC[C@H](F)[C@H](O)C2)n1. The Bertz CT molecular complexity index is 1310. The number of nitrogens with zero attached hydrogens (tertiary/aromatic N) is 5. The molecule has 0 amide bonds. The summed E-state index contributed by atoms with van der Waals surface area (Å²) in [6, 6.07) is 5.94. The van der Waals surface area contributed by atoms with Crippen LogP contribution in [0, 0.1) is 12.8 Å². The third kappa shape index (κ3) is 6.50. The molecule has 0 radical (unpaired) electrons. The first-order valence-corrected chi connectivity index (χ1v) is 14.9. The summed E-state index contributed by atoms with van der Waals surface area (Å²) < 4.78 is 37.0. The summed E-state index contributed by atoms with van der Waals surface area (Å²) in [5.41, 5.74) is 4.35. The maximum atomic E-state index is 13.7. The number of sulfone groups is 1. The van der Waals surface area contributed by atoms with Crippen molar-refractivity contribution in [1.82, 2.24) is 9.97 Å². The summed E-state index contributed by atoms with van der Waals surface area (Å²) in [5, 5.41) is 13.1. The van der Waals surface area contributed by atoms with Gasteiger partial charge in [0.05, 0.1) is 5.75 Å². The van der Waals surface area contributed by atoms with Crippen molar-refractivity contribution >= 4 is 40.1 Å². The average molecular weight is 545 g/mol. The lowest BCUT2D eigenvalue weighted by atomic mass is 9.90. The van der Waals surface area contributed by atoms with Crippen LogP contribution in [0.15, 0.2) is 35.2 Å². The van der Waals surface area contributed by atoms with Crippen LogP contribution in [0.5, 0.6) is 0 Å². The van der Waals surface area contributed by atoms with Crippen molar-refractivity contribution in [3.63, 3.8) is 0 Å². The molecule has 0 unspecified atom stereocenters. The molecule has 3 heterocycles. The first kappa shape index (κ1) is 28.0. The lowest BCUT2D eigenvalue weighted by Gasteiger charge is -2.42. The van der Waals surface area contributed by atoms with E-state index in [1.165, 1.54) is 6.26 Å². The van der Waals surface area contributed by atoms with E-state index in [1.54, 1.807) is 17.2 Å². The number of hydrogen-bond acceptors (Lipinski definition) is 9. The monoisotopic (exact) mass is 544 g/mol. The van der Waals surface area contributed by atoms with E-state index < -0.39 is 22.1 Å². The molecule has 0 saturated carbocycles. The van der Waals surface area contributed by atoms with Gasteiger partial charge in [0.15, 0.2) is 0 Å². The Morgan fingerprint density at radius 3 is 2.66 bits per heavy atom. The lowest BCUT2D eigenvalue weighted by molar-refractivity contribution is 0.0640. The number of aliphatic imine (C=N–C) groups is 1. The fourth-order valence-electron chi connectivity index (χ4n) is 5.12. The van der Waals surface area contributed by atoms with Crippen LogP contribution >= 0.6 is 0 Å². The van der Waals surface area contributed by atoms with Gasteiger partial charge in [-0.25, -0.2) is 22.8 Å². The molecule has 2 saturated heterocycles. The lowest BCUT2D eigenvalue weighted by Crippen LogP contribution is -2.49. The van der Waals surface area contributed by atoms with Gasteiger partial charge in [0.25, 0.3) is 0 Å². The van der Waals surface area contributed by atoms with Crippen LogP contribution in [0.2, 0.25) is 0 Å². The Hall–Kier alpha value is -3.05. The quantitative estimate of drug-likeness (QED) is 0.462. The highest BCUT2D eigenvalue weighted by Gasteiger charge is 2.31. The molecule has 2 aliphatic heterocycles. The third-order valence-corrected chi connectivity index (χ3v) is 8.19. The van der Waals surface area contributed by atoms with Gasteiger partial charge in [-0.15, -0.1) is 0 Å². The summed E-state index contributed by atoms with van der Waals surface area (Å²) in [6.07, 6.45) is 2.78. The first-order valence-electron chi connectivity index (χ1n) is 12.9. The van der Waals surface area contributed by atoms with Gasteiger partial charge in [-0.1, -0.05) is 19.9 Å². The number of piperidine rings is 1. The highest BCUT2D eigenvalue weighted by molar-refractivity contribution is 7.90. The fraction of sp³-hybridized carbons (Fsp3) is 0.519. The van der Waals surface area contributed by atoms with Crippen LogP contribution in [0.1, 0.15) is 42.9 Å². The van der Waals surface area contributed by atoms with Gasteiger partial charge in [0.2, 0.25) is 5.95 Å². The molecule has 206 valence electrons. The number of benzene rings is 1. The number of alkyl halides is 1. The number of halogens is 1. The summed E-state index contributed by atoms with van der Waals surface area (Å²) in [6.45, 7) is 12.1.